The molecule has 22 heavy (non-hydrogen) atoms. The van der Waals surface area contributed by atoms with Crippen molar-refractivity contribution in [2.45, 2.75) is 44.9 Å². The van der Waals surface area contributed by atoms with E-state index in [2.05, 4.69) is 47.9 Å². The summed E-state index contributed by atoms with van der Waals surface area (Å²) in [7, 11) is 0. The van der Waals surface area contributed by atoms with E-state index in [-0.39, 0.29) is 0 Å². The van der Waals surface area contributed by atoms with Crippen molar-refractivity contribution in [2.75, 3.05) is 31.1 Å². The Kier molecular flexibility index (Phi) is 4.25. The smallest absolute Gasteiger partial charge is 0.00544 e. The molecule has 1 aromatic rings. The molecule has 3 aliphatic rings. The highest BCUT2D eigenvalue weighted by Crippen LogP contribution is 2.45. The summed E-state index contributed by atoms with van der Waals surface area (Å²) in [5.74, 6) is 4.48. The lowest BCUT2D eigenvalue weighted by Gasteiger charge is -2.37. The van der Waals surface area contributed by atoms with Crippen molar-refractivity contribution < 1.29 is 0 Å². The summed E-state index contributed by atoms with van der Waals surface area (Å²) in [5, 5.41) is 0. The molecule has 0 bridgehead atoms. The molecule has 1 aliphatic carbocycles. The van der Waals surface area contributed by atoms with Crippen LogP contribution in [-0.2, 0) is 6.42 Å². The van der Waals surface area contributed by atoms with E-state index in [4.69, 9.17) is 0 Å². The second-order valence-corrected chi connectivity index (χ2v) is 9.14. The fourth-order valence-electron chi connectivity index (χ4n) is 4.39. The van der Waals surface area contributed by atoms with Crippen molar-refractivity contribution in [3.63, 3.8) is 0 Å². The van der Waals surface area contributed by atoms with Crippen LogP contribution in [0, 0.1) is 11.3 Å². The fraction of sp³-hybridized carbons (Fsp3) is 0.700. The number of benzene rings is 1. The van der Waals surface area contributed by atoms with Crippen molar-refractivity contribution >= 4 is 11.8 Å². The Balaban J connectivity index is 1.27. The maximum absolute atomic E-state index is 2.73. The molecule has 0 aromatic heterocycles. The number of hydrogen-bond acceptors (Lipinski definition) is 2. The van der Waals surface area contributed by atoms with Gasteiger partial charge in [0.1, 0.15) is 0 Å². The highest BCUT2D eigenvalue weighted by atomic mass is 32.2. The van der Waals surface area contributed by atoms with Crippen molar-refractivity contribution in [1.82, 2.24) is 4.90 Å². The zero-order valence-electron chi connectivity index (χ0n) is 13.9. The van der Waals surface area contributed by atoms with E-state index in [1.165, 1.54) is 68.8 Å². The second-order valence-electron chi connectivity index (χ2n) is 8.16. The first-order valence-electron chi connectivity index (χ1n) is 9.11. The van der Waals surface area contributed by atoms with Gasteiger partial charge in [0.15, 0.2) is 0 Å². The Labute approximate surface area is 139 Å². The Bertz CT molecular complexity index is 501. The molecule has 2 saturated heterocycles. The molecule has 4 rings (SSSR count). The predicted octanol–water partition coefficient (Wildman–Crippen LogP) is 4.57. The maximum Gasteiger partial charge on any atom is 0.00544 e. The molecule has 1 nitrogen and oxygen atoms in total. The van der Waals surface area contributed by atoms with Crippen LogP contribution in [0.4, 0.5) is 0 Å². The SMILES string of the molecule is CC(Cc1ccc(C2CCC2)cc1)CN1CCC2(CSC2)C1. The number of likely N-dealkylation sites (tertiary alicyclic amines) is 1. The molecule has 1 unspecified atom stereocenters. The highest BCUT2D eigenvalue weighted by Gasteiger charge is 2.43. The van der Waals surface area contributed by atoms with Crippen LogP contribution in [0.25, 0.3) is 0 Å². The summed E-state index contributed by atoms with van der Waals surface area (Å²) < 4.78 is 0. The lowest BCUT2D eigenvalue weighted by Crippen LogP contribution is -2.39. The minimum atomic E-state index is 0.717. The quantitative estimate of drug-likeness (QED) is 0.783. The maximum atomic E-state index is 2.73. The van der Waals surface area contributed by atoms with E-state index < -0.39 is 0 Å². The van der Waals surface area contributed by atoms with Gasteiger partial charge in [-0.05, 0) is 55.2 Å². The summed E-state index contributed by atoms with van der Waals surface area (Å²) >= 11 is 2.14. The topological polar surface area (TPSA) is 3.24 Å². The molecule has 1 saturated carbocycles. The predicted molar refractivity (Wildman–Crippen MR) is 96.7 cm³/mol. The van der Waals surface area contributed by atoms with Crippen molar-refractivity contribution in [3.8, 4) is 0 Å². The van der Waals surface area contributed by atoms with Gasteiger partial charge in [0.2, 0.25) is 0 Å². The number of rotatable bonds is 5. The van der Waals surface area contributed by atoms with Gasteiger partial charge in [-0.3, -0.25) is 0 Å². The Morgan fingerprint density at radius 1 is 1.23 bits per heavy atom. The van der Waals surface area contributed by atoms with E-state index in [0.29, 0.717) is 0 Å². The van der Waals surface area contributed by atoms with E-state index in [9.17, 15) is 0 Å². The van der Waals surface area contributed by atoms with Gasteiger partial charge >= 0.3 is 0 Å². The zero-order chi connectivity index (χ0) is 15.0. The van der Waals surface area contributed by atoms with Crippen LogP contribution in [0.5, 0.6) is 0 Å². The molecular weight excluding hydrogens is 286 g/mol. The van der Waals surface area contributed by atoms with Gasteiger partial charge in [-0.25, -0.2) is 0 Å². The molecule has 3 fully saturated rings. The molecule has 2 heteroatoms. The number of hydrogen-bond donors (Lipinski definition) is 0. The summed E-state index contributed by atoms with van der Waals surface area (Å²) in [4.78, 5) is 2.73. The molecular formula is C20H29NS. The van der Waals surface area contributed by atoms with Crippen LogP contribution in [0.1, 0.15) is 49.7 Å². The van der Waals surface area contributed by atoms with Crippen LogP contribution < -0.4 is 0 Å². The molecule has 120 valence electrons. The standard InChI is InChI=1S/C20H29NS/c1-16(12-21-10-9-20(13-21)14-22-15-20)11-17-5-7-19(8-6-17)18-3-2-4-18/h5-8,16,18H,2-4,9-15H2,1H3. The third-order valence-corrected chi connectivity index (χ3v) is 7.68. The first kappa shape index (κ1) is 15.1. The van der Waals surface area contributed by atoms with Gasteiger partial charge in [-0.2, -0.15) is 11.8 Å². The van der Waals surface area contributed by atoms with Crippen molar-refractivity contribution in [2.24, 2.45) is 11.3 Å². The lowest BCUT2D eigenvalue weighted by atomic mass is 9.80. The third kappa shape index (κ3) is 3.10. The number of thioether (sulfide) groups is 1. The molecule has 2 heterocycles. The molecule has 0 radical (unpaired) electrons. The molecule has 2 aliphatic heterocycles. The summed E-state index contributed by atoms with van der Waals surface area (Å²) in [6, 6.07) is 9.56. The van der Waals surface area contributed by atoms with Crippen LogP contribution >= 0.6 is 11.8 Å². The van der Waals surface area contributed by atoms with Gasteiger partial charge in [0.25, 0.3) is 0 Å². The summed E-state index contributed by atoms with van der Waals surface area (Å²) in [6.07, 6.45) is 6.93. The second kappa shape index (κ2) is 6.20. The van der Waals surface area contributed by atoms with E-state index >= 15 is 0 Å². The molecule has 1 spiro atoms. The molecule has 1 atom stereocenters. The van der Waals surface area contributed by atoms with Gasteiger partial charge in [0, 0.05) is 30.0 Å². The third-order valence-electron chi connectivity index (χ3n) is 6.04. The van der Waals surface area contributed by atoms with Gasteiger partial charge in [-0.1, -0.05) is 37.6 Å². The lowest BCUT2D eigenvalue weighted by molar-refractivity contribution is 0.255. The van der Waals surface area contributed by atoms with E-state index in [0.717, 1.165) is 17.3 Å². The van der Waals surface area contributed by atoms with Gasteiger partial charge in [0.05, 0.1) is 0 Å². The Morgan fingerprint density at radius 3 is 2.55 bits per heavy atom. The average Bonchev–Trinajstić information content (AvgIpc) is 2.83. The number of nitrogens with zero attached hydrogens (tertiary/aromatic N) is 1. The first-order chi connectivity index (χ1) is 10.7. The molecule has 0 N–H and O–H groups in total. The monoisotopic (exact) mass is 315 g/mol. The van der Waals surface area contributed by atoms with Crippen molar-refractivity contribution in [3.05, 3.63) is 35.4 Å². The van der Waals surface area contributed by atoms with Gasteiger partial charge in [-0.15, -0.1) is 0 Å². The molecule has 1 aromatic carbocycles. The van der Waals surface area contributed by atoms with Crippen LogP contribution in [0.15, 0.2) is 24.3 Å². The van der Waals surface area contributed by atoms with E-state index in [1.54, 1.807) is 5.56 Å². The molecule has 0 amide bonds. The minimum Gasteiger partial charge on any atom is -0.302 e. The van der Waals surface area contributed by atoms with Gasteiger partial charge < -0.3 is 4.90 Å². The Morgan fingerprint density at radius 2 is 2.00 bits per heavy atom. The largest absolute Gasteiger partial charge is 0.302 e. The summed E-state index contributed by atoms with van der Waals surface area (Å²) in [5.41, 5.74) is 3.82. The van der Waals surface area contributed by atoms with E-state index in [1.807, 2.05) is 0 Å². The normalized spacial score (nSPS) is 25.9. The zero-order valence-corrected chi connectivity index (χ0v) is 14.7. The van der Waals surface area contributed by atoms with Crippen molar-refractivity contribution in [1.29, 1.82) is 0 Å². The van der Waals surface area contributed by atoms with Crippen LogP contribution in [-0.4, -0.2) is 36.0 Å². The minimum absolute atomic E-state index is 0.717. The first-order valence-corrected chi connectivity index (χ1v) is 10.3. The van der Waals surface area contributed by atoms with Crippen LogP contribution in [0.2, 0.25) is 0 Å². The summed E-state index contributed by atoms with van der Waals surface area (Å²) in [6.45, 7) is 6.42. The van der Waals surface area contributed by atoms with Crippen LogP contribution in [0.3, 0.4) is 0 Å². The fourth-order valence-corrected chi connectivity index (χ4v) is 5.64. The Hall–Kier alpha value is -0.470. The average molecular weight is 316 g/mol. The highest BCUT2D eigenvalue weighted by molar-refractivity contribution is 8.00.